The summed E-state index contributed by atoms with van der Waals surface area (Å²) in [6.07, 6.45) is 0. The highest BCUT2D eigenvalue weighted by Crippen LogP contribution is 2.20. The molecule has 4 aromatic rings. The molecule has 0 aliphatic rings. The molecule has 0 fully saturated rings. The van der Waals surface area contributed by atoms with E-state index < -0.39 is 11.2 Å². The van der Waals surface area contributed by atoms with Crippen LogP contribution in [0, 0.1) is 13.8 Å². The molecule has 3 heterocycles. The second-order valence-electron chi connectivity index (χ2n) is 6.35. The Hall–Kier alpha value is -3.29. The van der Waals surface area contributed by atoms with E-state index in [1.165, 1.54) is 4.57 Å². The number of aromatic amines is 1. The SMILES string of the molecule is Cc1c(C)n2c3c(=O)[nH]c(=O)n(C)c3nc2n1CCNc1ccccc1. The average molecular weight is 352 g/mol. The van der Waals surface area contributed by atoms with Crippen molar-refractivity contribution in [1.82, 2.24) is 23.5 Å². The second kappa shape index (κ2) is 5.91. The van der Waals surface area contributed by atoms with Gasteiger partial charge in [0, 0.05) is 37.2 Å². The van der Waals surface area contributed by atoms with E-state index in [9.17, 15) is 9.59 Å². The van der Waals surface area contributed by atoms with E-state index in [0.717, 1.165) is 17.1 Å². The Morgan fingerprint density at radius 3 is 2.58 bits per heavy atom. The molecule has 0 saturated heterocycles. The second-order valence-corrected chi connectivity index (χ2v) is 6.35. The number of imidazole rings is 2. The Labute approximate surface area is 148 Å². The van der Waals surface area contributed by atoms with Crippen molar-refractivity contribution < 1.29 is 0 Å². The van der Waals surface area contributed by atoms with Crippen LogP contribution in [0.4, 0.5) is 5.69 Å². The lowest BCUT2D eigenvalue weighted by atomic mass is 10.3. The van der Waals surface area contributed by atoms with Crippen molar-refractivity contribution in [2.24, 2.45) is 7.05 Å². The molecule has 134 valence electrons. The number of nitrogens with zero attached hydrogens (tertiary/aromatic N) is 4. The average Bonchev–Trinajstić information content (AvgIpc) is 3.13. The van der Waals surface area contributed by atoms with Gasteiger partial charge in [-0.25, -0.2) is 4.79 Å². The fourth-order valence-corrected chi connectivity index (χ4v) is 3.31. The van der Waals surface area contributed by atoms with Crippen LogP contribution in [0.3, 0.4) is 0 Å². The molecule has 0 aliphatic carbocycles. The minimum atomic E-state index is -0.463. The van der Waals surface area contributed by atoms with Gasteiger partial charge in [0.05, 0.1) is 0 Å². The van der Waals surface area contributed by atoms with E-state index in [4.69, 9.17) is 0 Å². The summed E-state index contributed by atoms with van der Waals surface area (Å²) in [6, 6.07) is 9.98. The standard InChI is InChI=1S/C18H20N6O2/c1-11-12(2)24-14-15(22(3)18(26)21-16(14)25)20-17(24)23(11)10-9-19-13-7-5-4-6-8-13/h4-8,19H,9-10H2,1-3H3,(H,21,25,26). The fourth-order valence-electron chi connectivity index (χ4n) is 3.31. The van der Waals surface area contributed by atoms with Gasteiger partial charge in [-0.1, -0.05) is 18.2 Å². The molecule has 0 spiro atoms. The molecule has 0 amide bonds. The number of aryl methyl sites for hydroxylation is 2. The lowest BCUT2D eigenvalue weighted by Crippen LogP contribution is -2.28. The summed E-state index contributed by atoms with van der Waals surface area (Å²) in [4.78, 5) is 31.1. The first-order valence-electron chi connectivity index (χ1n) is 8.45. The maximum Gasteiger partial charge on any atom is 0.329 e. The Bertz CT molecular complexity index is 1230. The topological polar surface area (TPSA) is 89.1 Å². The summed E-state index contributed by atoms with van der Waals surface area (Å²) >= 11 is 0. The van der Waals surface area contributed by atoms with Crippen molar-refractivity contribution >= 4 is 22.6 Å². The van der Waals surface area contributed by atoms with Crippen molar-refractivity contribution in [2.75, 3.05) is 11.9 Å². The van der Waals surface area contributed by atoms with Crippen molar-refractivity contribution in [3.05, 3.63) is 62.6 Å². The number of hydrogen-bond donors (Lipinski definition) is 2. The van der Waals surface area contributed by atoms with E-state index in [1.807, 2.05) is 48.6 Å². The number of para-hydroxylation sites is 1. The molecule has 0 unspecified atom stereocenters. The van der Waals surface area contributed by atoms with Gasteiger partial charge in [0.25, 0.3) is 5.56 Å². The summed E-state index contributed by atoms with van der Waals surface area (Å²) in [6.45, 7) is 5.37. The number of rotatable bonds is 4. The minimum absolute atomic E-state index is 0.390. The summed E-state index contributed by atoms with van der Waals surface area (Å²) in [7, 11) is 1.61. The molecule has 0 saturated carbocycles. The zero-order chi connectivity index (χ0) is 18.4. The molecule has 4 rings (SSSR count). The molecule has 0 aliphatic heterocycles. The van der Waals surface area contributed by atoms with E-state index in [0.29, 0.717) is 30.0 Å². The first kappa shape index (κ1) is 16.2. The maximum absolute atomic E-state index is 12.3. The zero-order valence-electron chi connectivity index (χ0n) is 14.9. The van der Waals surface area contributed by atoms with Crippen LogP contribution in [0.1, 0.15) is 11.4 Å². The molecule has 1 aromatic carbocycles. The van der Waals surface area contributed by atoms with Crippen LogP contribution < -0.4 is 16.6 Å². The van der Waals surface area contributed by atoms with E-state index in [2.05, 4.69) is 19.9 Å². The molecule has 26 heavy (non-hydrogen) atoms. The number of H-pyrrole nitrogens is 1. The first-order valence-corrected chi connectivity index (χ1v) is 8.45. The molecular formula is C18H20N6O2. The summed E-state index contributed by atoms with van der Waals surface area (Å²) in [5, 5.41) is 3.38. The van der Waals surface area contributed by atoms with Gasteiger partial charge in [-0.2, -0.15) is 4.98 Å². The van der Waals surface area contributed by atoms with Crippen LogP contribution in [0.25, 0.3) is 16.9 Å². The van der Waals surface area contributed by atoms with Crippen molar-refractivity contribution in [1.29, 1.82) is 0 Å². The monoisotopic (exact) mass is 352 g/mol. The first-order chi connectivity index (χ1) is 12.5. The molecule has 0 atom stereocenters. The van der Waals surface area contributed by atoms with Crippen LogP contribution in [0.2, 0.25) is 0 Å². The van der Waals surface area contributed by atoms with E-state index in [1.54, 1.807) is 7.05 Å². The van der Waals surface area contributed by atoms with Gasteiger partial charge in [-0.3, -0.25) is 18.7 Å². The fraction of sp³-hybridized carbons (Fsp3) is 0.278. The van der Waals surface area contributed by atoms with Crippen LogP contribution >= 0.6 is 0 Å². The van der Waals surface area contributed by atoms with Gasteiger partial charge in [0.2, 0.25) is 5.78 Å². The quantitative estimate of drug-likeness (QED) is 0.581. The molecule has 3 aromatic heterocycles. The lowest BCUT2D eigenvalue weighted by Gasteiger charge is -2.09. The smallest absolute Gasteiger partial charge is 0.329 e. The Morgan fingerprint density at radius 2 is 1.85 bits per heavy atom. The van der Waals surface area contributed by atoms with E-state index >= 15 is 0 Å². The van der Waals surface area contributed by atoms with Gasteiger partial charge in [0.15, 0.2) is 11.2 Å². The number of hydrogen-bond acceptors (Lipinski definition) is 4. The van der Waals surface area contributed by atoms with Crippen molar-refractivity contribution in [3.8, 4) is 0 Å². The number of benzene rings is 1. The number of fused-ring (bicyclic) bond motifs is 3. The zero-order valence-corrected chi connectivity index (χ0v) is 14.9. The Kier molecular flexibility index (Phi) is 3.68. The van der Waals surface area contributed by atoms with Crippen molar-refractivity contribution in [2.45, 2.75) is 20.4 Å². The third-order valence-corrected chi connectivity index (χ3v) is 4.84. The van der Waals surface area contributed by atoms with Gasteiger partial charge < -0.3 is 9.88 Å². The predicted molar refractivity (Wildman–Crippen MR) is 101 cm³/mol. The minimum Gasteiger partial charge on any atom is -0.383 e. The highest BCUT2D eigenvalue weighted by Gasteiger charge is 2.20. The highest BCUT2D eigenvalue weighted by atomic mass is 16.2. The normalized spacial score (nSPS) is 11.5. The molecule has 0 bridgehead atoms. The maximum atomic E-state index is 12.3. The molecule has 8 nitrogen and oxygen atoms in total. The number of anilines is 1. The van der Waals surface area contributed by atoms with Crippen LogP contribution in [-0.2, 0) is 13.6 Å². The predicted octanol–water partition coefficient (Wildman–Crippen LogP) is 1.40. The summed E-state index contributed by atoms with van der Waals surface area (Å²) in [5.41, 5.74) is 2.94. The highest BCUT2D eigenvalue weighted by molar-refractivity contribution is 5.76. The third-order valence-electron chi connectivity index (χ3n) is 4.84. The largest absolute Gasteiger partial charge is 0.383 e. The summed E-state index contributed by atoms with van der Waals surface area (Å²) < 4.78 is 5.26. The van der Waals surface area contributed by atoms with Gasteiger partial charge in [-0.15, -0.1) is 0 Å². The number of nitrogens with one attached hydrogen (secondary N) is 2. The Morgan fingerprint density at radius 1 is 1.12 bits per heavy atom. The van der Waals surface area contributed by atoms with Crippen molar-refractivity contribution in [3.63, 3.8) is 0 Å². The third kappa shape index (κ3) is 2.33. The van der Waals surface area contributed by atoms with Gasteiger partial charge in [-0.05, 0) is 26.0 Å². The molecular weight excluding hydrogens is 332 g/mol. The Balaban J connectivity index is 1.80. The molecule has 0 radical (unpaired) electrons. The van der Waals surface area contributed by atoms with Crippen LogP contribution in [0.5, 0.6) is 0 Å². The summed E-state index contributed by atoms with van der Waals surface area (Å²) in [5.74, 6) is 0.663. The van der Waals surface area contributed by atoms with Crippen LogP contribution in [0.15, 0.2) is 39.9 Å². The van der Waals surface area contributed by atoms with E-state index in [-0.39, 0.29) is 0 Å². The van der Waals surface area contributed by atoms with Crippen LogP contribution in [-0.4, -0.2) is 30.0 Å². The van der Waals surface area contributed by atoms with Gasteiger partial charge >= 0.3 is 5.69 Å². The molecule has 2 N–H and O–H groups in total. The molecule has 8 heteroatoms. The van der Waals surface area contributed by atoms with Gasteiger partial charge in [0.1, 0.15) is 0 Å². The number of aromatic nitrogens is 5. The lowest BCUT2D eigenvalue weighted by molar-refractivity contribution is 0.722.